The number of carbonyl (C=O) groups is 1. The zero-order valence-electron chi connectivity index (χ0n) is 13.4. The maximum absolute atomic E-state index is 12.5. The maximum Gasteiger partial charge on any atom is 0.163 e. The number of hydrogen-bond acceptors (Lipinski definition) is 4. The topological polar surface area (TPSA) is 51.0 Å². The van der Waals surface area contributed by atoms with Gasteiger partial charge in [-0.25, -0.2) is 9.67 Å². The molecule has 0 aliphatic rings. The summed E-state index contributed by atoms with van der Waals surface area (Å²) >= 11 is 0. The molecule has 0 bridgehead atoms. The van der Waals surface area contributed by atoms with E-state index in [2.05, 4.69) is 21.9 Å². The first kappa shape index (κ1) is 15.6. The zero-order chi connectivity index (χ0) is 15.4. The Hall–Kier alpha value is -1.75. The largest absolute Gasteiger partial charge is 0.309 e. The average Bonchev–Trinajstić information content (AvgIpc) is 2.81. The number of carbonyl (C=O) groups excluding carboxylic acids is 1. The summed E-state index contributed by atoms with van der Waals surface area (Å²) in [5.41, 5.74) is 2.46. The SMILES string of the molecule is CCCn1ncc2c(C(=O)CCCN(C)C)cc(C)nc21. The molecule has 0 N–H and O–H groups in total. The van der Waals surface area contributed by atoms with Gasteiger partial charge in [-0.15, -0.1) is 0 Å². The van der Waals surface area contributed by atoms with Gasteiger partial charge in [-0.1, -0.05) is 6.92 Å². The van der Waals surface area contributed by atoms with Crippen LogP contribution in [0.25, 0.3) is 11.0 Å². The molecule has 0 fully saturated rings. The van der Waals surface area contributed by atoms with E-state index in [0.717, 1.165) is 48.2 Å². The Morgan fingerprint density at radius 2 is 2.14 bits per heavy atom. The molecule has 0 aliphatic heterocycles. The van der Waals surface area contributed by atoms with Gasteiger partial charge in [0.1, 0.15) is 0 Å². The average molecular weight is 288 g/mol. The first-order valence-corrected chi connectivity index (χ1v) is 7.54. The second kappa shape index (κ2) is 6.80. The lowest BCUT2D eigenvalue weighted by atomic mass is 10.0. The van der Waals surface area contributed by atoms with E-state index in [-0.39, 0.29) is 5.78 Å². The van der Waals surface area contributed by atoms with Crippen molar-refractivity contribution in [1.82, 2.24) is 19.7 Å². The Balaban J connectivity index is 2.28. The third-order valence-corrected chi connectivity index (χ3v) is 3.48. The minimum atomic E-state index is 0.184. The summed E-state index contributed by atoms with van der Waals surface area (Å²) in [6.07, 6.45) is 4.21. The summed E-state index contributed by atoms with van der Waals surface area (Å²) < 4.78 is 1.89. The Bertz CT molecular complexity index is 630. The molecule has 0 aromatic carbocycles. The lowest BCUT2D eigenvalue weighted by Crippen LogP contribution is -2.14. The minimum Gasteiger partial charge on any atom is -0.309 e. The predicted octanol–water partition coefficient (Wildman–Crippen LogP) is 2.67. The van der Waals surface area contributed by atoms with Gasteiger partial charge < -0.3 is 4.90 Å². The van der Waals surface area contributed by atoms with Gasteiger partial charge >= 0.3 is 0 Å². The van der Waals surface area contributed by atoms with Crippen LogP contribution in [0.4, 0.5) is 0 Å². The van der Waals surface area contributed by atoms with Gasteiger partial charge in [-0.3, -0.25) is 4.79 Å². The fourth-order valence-electron chi connectivity index (χ4n) is 2.47. The fourth-order valence-corrected chi connectivity index (χ4v) is 2.47. The summed E-state index contributed by atoms with van der Waals surface area (Å²) in [5.74, 6) is 0.184. The molecule has 0 spiro atoms. The van der Waals surface area contributed by atoms with E-state index in [9.17, 15) is 4.79 Å². The van der Waals surface area contributed by atoms with Crippen molar-refractivity contribution in [2.75, 3.05) is 20.6 Å². The van der Waals surface area contributed by atoms with Crippen molar-refractivity contribution < 1.29 is 4.79 Å². The molecule has 2 rings (SSSR count). The molecule has 5 nitrogen and oxygen atoms in total. The Labute approximate surface area is 126 Å². The highest BCUT2D eigenvalue weighted by atomic mass is 16.1. The van der Waals surface area contributed by atoms with Crippen LogP contribution < -0.4 is 0 Å². The van der Waals surface area contributed by atoms with Crippen molar-refractivity contribution in [3.05, 3.63) is 23.5 Å². The summed E-state index contributed by atoms with van der Waals surface area (Å²) in [6, 6.07) is 1.89. The molecule has 2 aromatic heterocycles. The highest BCUT2D eigenvalue weighted by Gasteiger charge is 2.15. The first-order valence-electron chi connectivity index (χ1n) is 7.54. The van der Waals surface area contributed by atoms with Gasteiger partial charge in [0.2, 0.25) is 0 Å². The van der Waals surface area contributed by atoms with E-state index in [4.69, 9.17) is 0 Å². The quantitative estimate of drug-likeness (QED) is 0.735. The number of aromatic nitrogens is 3. The van der Waals surface area contributed by atoms with Crippen molar-refractivity contribution in [2.45, 2.75) is 39.7 Å². The van der Waals surface area contributed by atoms with Crippen LogP contribution in [0.1, 0.15) is 42.2 Å². The maximum atomic E-state index is 12.5. The number of pyridine rings is 1. The van der Waals surface area contributed by atoms with E-state index in [1.165, 1.54) is 0 Å². The number of aryl methyl sites for hydroxylation is 2. The number of hydrogen-bond donors (Lipinski definition) is 0. The van der Waals surface area contributed by atoms with Crippen molar-refractivity contribution in [3.8, 4) is 0 Å². The number of ketones is 1. The van der Waals surface area contributed by atoms with Crippen LogP contribution in [0.2, 0.25) is 0 Å². The second-order valence-corrected chi connectivity index (χ2v) is 5.75. The molecule has 2 heterocycles. The second-order valence-electron chi connectivity index (χ2n) is 5.75. The summed E-state index contributed by atoms with van der Waals surface area (Å²) in [4.78, 5) is 19.1. The van der Waals surface area contributed by atoms with Crippen LogP contribution in [0, 0.1) is 6.92 Å². The van der Waals surface area contributed by atoms with Crippen molar-refractivity contribution in [3.63, 3.8) is 0 Å². The van der Waals surface area contributed by atoms with Gasteiger partial charge in [0, 0.05) is 29.6 Å². The fraction of sp³-hybridized carbons (Fsp3) is 0.562. The molecule has 0 saturated heterocycles. The van der Waals surface area contributed by atoms with Gasteiger partial charge in [0.15, 0.2) is 11.4 Å². The molecule has 2 aromatic rings. The number of fused-ring (bicyclic) bond motifs is 1. The van der Waals surface area contributed by atoms with Crippen molar-refractivity contribution in [2.24, 2.45) is 0 Å². The highest BCUT2D eigenvalue weighted by molar-refractivity contribution is 6.06. The summed E-state index contributed by atoms with van der Waals surface area (Å²) in [6.45, 7) is 5.79. The number of rotatable bonds is 7. The Kier molecular flexibility index (Phi) is 5.07. The predicted molar refractivity (Wildman–Crippen MR) is 84.7 cm³/mol. The molecule has 0 aliphatic carbocycles. The van der Waals surface area contributed by atoms with E-state index in [1.54, 1.807) is 6.20 Å². The van der Waals surface area contributed by atoms with E-state index in [1.807, 2.05) is 31.8 Å². The zero-order valence-corrected chi connectivity index (χ0v) is 13.4. The summed E-state index contributed by atoms with van der Waals surface area (Å²) in [7, 11) is 4.04. The molecule has 5 heteroatoms. The lowest BCUT2D eigenvalue weighted by Gasteiger charge is -2.09. The normalized spacial score (nSPS) is 11.5. The Morgan fingerprint density at radius 3 is 2.81 bits per heavy atom. The Morgan fingerprint density at radius 1 is 1.38 bits per heavy atom. The van der Waals surface area contributed by atoms with Crippen LogP contribution in [0.15, 0.2) is 12.3 Å². The van der Waals surface area contributed by atoms with Crippen LogP contribution in [0.5, 0.6) is 0 Å². The smallest absolute Gasteiger partial charge is 0.163 e. The molecule has 21 heavy (non-hydrogen) atoms. The monoisotopic (exact) mass is 288 g/mol. The molecule has 0 unspecified atom stereocenters. The molecule has 0 radical (unpaired) electrons. The molecular formula is C16H24N4O. The van der Waals surface area contributed by atoms with Gasteiger partial charge in [-0.2, -0.15) is 5.10 Å². The lowest BCUT2D eigenvalue weighted by molar-refractivity contribution is 0.0979. The van der Waals surface area contributed by atoms with E-state index >= 15 is 0 Å². The van der Waals surface area contributed by atoms with Gasteiger partial charge in [0.25, 0.3) is 0 Å². The van der Waals surface area contributed by atoms with Crippen molar-refractivity contribution in [1.29, 1.82) is 0 Å². The highest BCUT2D eigenvalue weighted by Crippen LogP contribution is 2.20. The third-order valence-electron chi connectivity index (χ3n) is 3.48. The molecule has 0 atom stereocenters. The van der Waals surface area contributed by atoms with Gasteiger partial charge in [-0.05, 0) is 46.5 Å². The van der Waals surface area contributed by atoms with E-state index in [0.29, 0.717) is 6.42 Å². The van der Waals surface area contributed by atoms with E-state index < -0.39 is 0 Å². The number of nitrogens with zero attached hydrogens (tertiary/aromatic N) is 4. The first-order chi connectivity index (χ1) is 10.0. The third kappa shape index (κ3) is 3.67. The van der Waals surface area contributed by atoms with Crippen LogP contribution in [-0.2, 0) is 6.54 Å². The van der Waals surface area contributed by atoms with Crippen LogP contribution in [-0.4, -0.2) is 46.1 Å². The molecular weight excluding hydrogens is 264 g/mol. The molecule has 0 amide bonds. The molecule has 0 saturated carbocycles. The summed E-state index contributed by atoms with van der Waals surface area (Å²) in [5, 5.41) is 5.25. The van der Waals surface area contributed by atoms with Crippen LogP contribution >= 0.6 is 0 Å². The minimum absolute atomic E-state index is 0.184. The van der Waals surface area contributed by atoms with Crippen molar-refractivity contribution >= 4 is 16.8 Å². The molecule has 114 valence electrons. The number of Topliss-reactive ketones (excluding diaryl/α,β-unsaturated/α-hetero) is 1. The van der Waals surface area contributed by atoms with Gasteiger partial charge in [0.05, 0.1) is 6.20 Å². The van der Waals surface area contributed by atoms with Crippen LogP contribution in [0.3, 0.4) is 0 Å². The standard InChI is InChI=1S/C16H24N4O/c1-5-8-20-16-14(11-17-20)13(10-12(2)18-16)15(21)7-6-9-19(3)4/h10-11H,5-9H2,1-4H3.